The van der Waals surface area contributed by atoms with Crippen LogP contribution in [0.3, 0.4) is 0 Å². The van der Waals surface area contributed by atoms with Crippen molar-refractivity contribution < 1.29 is 14.1 Å². The predicted molar refractivity (Wildman–Crippen MR) is 56.1 cm³/mol. The quantitative estimate of drug-likeness (QED) is 0.767. The summed E-state index contributed by atoms with van der Waals surface area (Å²) in [5, 5.41) is 6.67. The van der Waals surface area contributed by atoms with Crippen molar-refractivity contribution in [2.24, 2.45) is 0 Å². The molecule has 1 aromatic rings. The zero-order valence-electron chi connectivity index (χ0n) is 9.18. The fraction of sp³-hybridized carbons (Fsp3) is 0.600. The molecule has 0 spiro atoms. The summed E-state index contributed by atoms with van der Waals surface area (Å²) in [6.07, 6.45) is 1.45. The van der Waals surface area contributed by atoms with Crippen LogP contribution in [0.2, 0.25) is 0 Å². The molecule has 6 nitrogen and oxygen atoms in total. The fourth-order valence-corrected chi connectivity index (χ4v) is 1.74. The van der Waals surface area contributed by atoms with Crippen LogP contribution >= 0.6 is 0 Å². The van der Waals surface area contributed by atoms with Gasteiger partial charge in [0.25, 0.3) is 5.91 Å². The highest BCUT2D eigenvalue weighted by molar-refractivity contribution is 5.92. The van der Waals surface area contributed by atoms with Gasteiger partial charge in [0.1, 0.15) is 6.26 Å². The van der Waals surface area contributed by atoms with Crippen LogP contribution < -0.4 is 5.32 Å². The van der Waals surface area contributed by atoms with Crippen molar-refractivity contribution in [2.45, 2.75) is 6.10 Å². The normalized spacial score (nSPS) is 21.1. The van der Waals surface area contributed by atoms with Gasteiger partial charge < -0.3 is 19.5 Å². The van der Waals surface area contributed by atoms with Crippen LogP contribution in [0.25, 0.3) is 0 Å². The van der Waals surface area contributed by atoms with E-state index < -0.39 is 0 Å². The number of morpholine rings is 1. The second kappa shape index (κ2) is 5.09. The summed E-state index contributed by atoms with van der Waals surface area (Å²) < 4.78 is 10.2. The maximum absolute atomic E-state index is 11.9. The number of carbonyl (C=O) groups is 1. The Balaban J connectivity index is 1.96. The monoisotopic (exact) mass is 225 g/mol. The molecule has 2 heterocycles. The van der Waals surface area contributed by atoms with Crippen LogP contribution in [-0.4, -0.2) is 55.4 Å². The number of nitrogens with zero attached hydrogens (tertiary/aromatic N) is 2. The van der Waals surface area contributed by atoms with Gasteiger partial charge in [-0.3, -0.25) is 4.79 Å². The summed E-state index contributed by atoms with van der Waals surface area (Å²) in [7, 11) is 1.86. The van der Waals surface area contributed by atoms with E-state index in [-0.39, 0.29) is 12.0 Å². The molecule has 1 unspecified atom stereocenters. The molecular formula is C10H15N3O3. The summed E-state index contributed by atoms with van der Waals surface area (Å²) in [5.41, 5.74) is 0.352. The average Bonchev–Trinajstić information content (AvgIpc) is 2.82. The molecule has 16 heavy (non-hydrogen) atoms. The zero-order valence-corrected chi connectivity index (χ0v) is 9.18. The number of likely N-dealkylation sites (N-methyl/N-ethyl adjacent to an activating group) is 1. The molecule has 2 rings (SSSR count). The standard InChI is InChI=1S/C10H15N3O3/c1-11-6-8-7-13(3-5-15-8)10(14)9-2-4-16-12-9/h2,4,8,11H,3,5-7H2,1H3. The molecule has 1 fully saturated rings. The Morgan fingerprint density at radius 1 is 1.75 bits per heavy atom. The van der Waals surface area contributed by atoms with E-state index in [9.17, 15) is 4.79 Å². The number of hydrogen-bond acceptors (Lipinski definition) is 5. The lowest BCUT2D eigenvalue weighted by Gasteiger charge is -2.32. The van der Waals surface area contributed by atoms with Gasteiger partial charge in [0.2, 0.25) is 0 Å². The van der Waals surface area contributed by atoms with Crippen LogP contribution in [0.4, 0.5) is 0 Å². The molecule has 1 N–H and O–H groups in total. The Morgan fingerprint density at radius 3 is 3.31 bits per heavy atom. The number of aromatic nitrogens is 1. The van der Waals surface area contributed by atoms with Crippen molar-refractivity contribution >= 4 is 5.91 Å². The number of carbonyl (C=O) groups excluding carboxylic acids is 1. The fourth-order valence-electron chi connectivity index (χ4n) is 1.74. The van der Waals surface area contributed by atoms with Gasteiger partial charge in [-0.25, -0.2) is 0 Å². The highest BCUT2D eigenvalue weighted by Crippen LogP contribution is 2.08. The molecule has 1 aliphatic rings. The third-order valence-corrected chi connectivity index (χ3v) is 2.51. The van der Waals surface area contributed by atoms with Crippen molar-refractivity contribution in [1.29, 1.82) is 0 Å². The first-order valence-electron chi connectivity index (χ1n) is 5.27. The molecule has 0 bridgehead atoms. The summed E-state index contributed by atoms with van der Waals surface area (Å²) in [4.78, 5) is 13.7. The molecule has 0 aromatic carbocycles. The number of nitrogens with one attached hydrogen (secondary N) is 1. The van der Waals surface area contributed by atoms with Gasteiger partial charge >= 0.3 is 0 Å². The lowest BCUT2D eigenvalue weighted by molar-refractivity contribution is -0.0199. The van der Waals surface area contributed by atoms with Gasteiger partial charge in [-0.15, -0.1) is 0 Å². The molecular weight excluding hydrogens is 210 g/mol. The minimum Gasteiger partial charge on any atom is -0.373 e. The Labute approximate surface area is 93.5 Å². The first-order valence-corrected chi connectivity index (χ1v) is 5.27. The Hall–Kier alpha value is -1.40. The highest BCUT2D eigenvalue weighted by Gasteiger charge is 2.25. The lowest BCUT2D eigenvalue weighted by atomic mass is 10.2. The second-order valence-electron chi connectivity index (χ2n) is 3.69. The first-order chi connectivity index (χ1) is 7.81. The number of hydrogen-bond donors (Lipinski definition) is 1. The summed E-state index contributed by atoms with van der Waals surface area (Å²) in [5.74, 6) is -0.0989. The molecule has 1 aromatic heterocycles. The van der Waals surface area contributed by atoms with Crippen molar-refractivity contribution in [2.75, 3.05) is 33.3 Å². The van der Waals surface area contributed by atoms with Crippen LogP contribution in [-0.2, 0) is 4.74 Å². The van der Waals surface area contributed by atoms with Crippen LogP contribution in [0.1, 0.15) is 10.5 Å². The van der Waals surface area contributed by atoms with E-state index in [2.05, 4.69) is 15.0 Å². The maximum atomic E-state index is 11.9. The van der Waals surface area contributed by atoms with E-state index in [1.165, 1.54) is 6.26 Å². The van der Waals surface area contributed by atoms with Gasteiger partial charge in [-0.1, -0.05) is 5.16 Å². The lowest BCUT2D eigenvalue weighted by Crippen LogP contribution is -2.48. The molecule has 6 heteroatoms. The minimum atomic E-state index is -0.0989. The molecule has 1 atom stereocenters. The second-order valence-corrected chi connectivity index (χ2v) is 3.69. The van der Waals surface area contributed by atoms with E-state index in [1.807, 2.05) is 7.05 Å². The van der Waals surface area contributed by atoms with Gasteiger partial charge in [-0.2, -0.15) is 0 Å². The summed E-state index contributed by atoms with van der Waals surface area (Å²) in [6, 6.07) is 1.57. The number of rotatable bonds is 3. The van der Waals surface area contributed by atoms with Gasteiger partial charge in [0.15, 0.2) is 5.69 Å². The molecule has 0 radical (unpaired) electrons. The average molecular weight is 225 g/mol. The molecule has 1 saturated heterocycles. The van der Waals surface area contributed by atoms with E-state index in [1.54, 1.807) is 11.0 Å². The van der Waals surface area contributed by atoms with Crippen molar-refractivity contribution in [3.63, 3.8) is 0 Å². The van der Waals surface area contributed by atoms with Crippen molar-refractivity contribution in [3.8, 4) is 0 Å². The molecule has 0 aliphatic carbocycles. The van der Waals surface area contributed by atoms with Crippen LogP contribution in [0.5, 0.6) is 0 Å². The smallest absolute Gasteiger partial charge is 0.276 e. The van der Waals surface area contributed by atoms with Crippen molar-refractivity contribution in [1.82, 2.24) is 15.4 Å². The van der Waals surface area contributed by atoms with E-state index >= 15 is 0 Å². The molecule has 1 amide bonds. The minimum absolute atomic E-state index is 0.0506. The van der Waals surface area contributed by atoms with Gasteiger partial charge in [-0.05, 0) is 7.05 Å². The highest BCUT2D eigenvalue weighted by atomic mass is 16.5. The zero-order chi connectivity index (χ0) is 11.4. The summed E-state index contributed by atoms with van der Waals surface area (Å²) in [6.45, 7) is 2.50. The predicted octanol–water partition coefficient (Wildman–Crippen LogP) is -0.265. The third kappa shape index (κ3) is 2.40. The first kappa shape index (κ1) is 11.1. The summed E-state index contributed by atoms with van der Waals surface area (Å²) >= 11 is 0. The molecule has 1 aliphatic heterocycles. The Bertz CT molecular complexity index is 337. The molecule has 88 valence electrons. The maximum Gasteiger partial charge on any atom is 0.276 e. The Morgan fingerprint density at radius 2 is 2.62 bits per heavy atom. The van der Waals surface area contributed by atoms with Crippen molar-refractivity contribution in [3.05, 3.63) is 18.0 Å². The topological polar surface area (TPSA) is 67.6 Å². The number of amides is 1. The Kier molecular flexibility index (Phi) is 3.53. The number of ether oxygens (including phenoxy) is 1. The van der Waals surface area contributed by atoms with Crippen LogP contribution in [0, 0.1) is 0 Å². The largest absolute Gasteiger partial charge is 0.373 e. The SMILES string of the molecule is CNCC1CN(C(=O)c2ccon2)CCO1. The van der Waals surface area contributed by atoms with Crippen LogP contribution in [0.15, 0.2) is 16.9 Å². The van der Waals surface area contributed by atoms with Gasteiger partial charge in [0, 0.05) is 25.7 Å². The van der Waals surface area contributed by atoms with Gasteiger partial charge in [0.05, 0.1) is 12.7 Å². The molecule has 0 saturated carbocycles. The van der Waals surface area contributed by atoms with E-state index in [0.717, 1.165) is 6.54 Å². The van der Waals surface area contributed by atoms with E-state index in [0.29, 0.717) is 25.4 Å². The third-order valence-electron chi connectivity index (χ3n) is 2.51. The van der Waals surface area contributed by atoms with E-state index in [4.69, 9.17) is 4.74 Å².